The third kappa shape index (κ3) is 14.5. The molecule has 3 fully saturated rings. The summed E-state index contributed by atoms with van der Waals surface area (Å²) in [6.07, 6.45) is 2.04. The molecular formula is C44H50B2F2N6O16. The Hall–Kier alpha value is -7.09. The first-order chi connectivity index (χ1) is 33.2. The number of hydrogen-bond acceptors (Lipinski definition) is 16. The van der Waals surface area contributed by atoms with Crippen molar-refractivity contribution < 1.29 is 86.2 Å². The Kier molecular flexibility index (Phi) is 18.8. The summed E-state index contributed by atoms with van der Waals surface area (Å²) in [5.74, 6) is -4.16. The highest BCUT2D eigenvalue weighted by molar-refractivity contribution is 6.47. The minimum Gasteiger partial charge on any atom is -0.444 e. The molecule has 5 aliphatic rings. The minimum absolute atomic E-state index is 0.0143. The lowest BCUT2D eigenvalue weighted by Gasteiger charge is -2.34. The molecule has 0 aromatic heterocycles. The monoisotopic (exact) mass is 978 g/mol. The number of cyclic esters (lactones) is 2. The first kappa shape index (κ1) is 53.9. The number of imide groups is 2. The van der Waals surface area contributed by atoms with Gasteiger partial charge >= 0.3 is 26.4 Å². The predicted octanol–water partition coefficient (Wildman–Crippen LogP) is 1.25. The second-order valence-corrected chi connectivity index (χ2v) is 15.9. The molecule has 2 atom stereocenters. The highest BCUT2D eigenvalue weighted by Gasteiger charge is 2.40. The highest BCUT2D eigenvalue weighted by Crippen LogP contribution is 2.34. The molecule has 8 amide bonds. The fourth-order valence-corrected chi connectivity index (χ4v) is 6.83. The molecule has 0 radical (unpaired) electrons. The van der Waals surface area contributed by atoms with Gasteiger partial charge in [-0.1, -0.05) is 26.0 Å². The van der Waals surface area contributed by atoms with Crippen molar-refractivity contribution in [3.63, 3.8) is 0 Å². The molecule has 0 unspecified atom stereocenters. The van der Waals surface area contributed by atoms with Crippen molar-refractivity contribution in [2.24, 2.45) is 0 Å². The largest absolute Gasteiger partial charge is 0.481 e. The summed E-state index contributed by atoms with van der Waals surface area (Å²) in [5, 5.41) is 44.0. The van der Waals surface area contributed by atoms with E-state index in [4.69, 9.17) is 39.0 Å². The molecule has 372 valence electrons. The molecule has 0 saturated carbocycles. The van der Waals surface area contributed by atoms with Crippen LogP contribution in [0.5, 0.6) is 0 Å². The topological polar surface area (TPSA) is 309 Å². The maximum atomic E-state index is 14.6. The summed E-state index contributed by atoms with van der Waals surface area (Å²) in [6, 6.07) is 8.09. The average Bonchev–Trinajstić information content (AvgIpc) is 3.88. The van der Waals surface area contributed by atoms with E-state index in [9.17, 15) is 47.1 Å². The smallest absolute Gasteiger partial charge is 0.444 e. The number of halogens is 2. The van der Waals surface area contributed by atoms with Gasteiger partial charge in [0.25, 0.3) is 11.8 Å². The quantitative estimate of drug-likeness (QED) is 0.0572. The molecule has 8 N–H and O–H groups in total. The molecule has 22 nitrogen and oxygen atoms in total. The summed E-state index contributed by atoms with van der Waals surface area (Å²) in [7, 11) is -2.38. The SMILES string of the molecule is CC1=C(/C=C/C(=O)NCB(O)O)CC(=O)NC1=O.CC[C@H]1CN(c2ccc(C(O)O)c(F)c2)C(=O)O1.CC[C@H]1CN(c2ccc(C3OB(CNC(=O)/C=C/C4=C(C)C(=O)NC(=O)C4)O3)c(F)c2)C(=O)O1. The van der Waals surface area contributed by atoms with Crippen LogP contribution in [0.3, 0.4) is 0 Å². The second-order valence-electron chi connectivity index (χ2n) is 15.9. The molecule has 0 aliphatic carbocycles. The Morgan fingerprint density at radius 1 is 0.771 bits per heavy atom. The van der Waals surface area contributed by atoms with E-state index in [1.54, 1.807) is 19.9 Å². The lowest BCUT2D eigenvalue weighted by molar-refractivity contribution is -0.130. The summed E-state index contributed by atoms with van der Waals surface area (Å²) in [6.45, 7) is 7.66. The molecule has 5 heterocycles. The van der Waals surface area contributed by atoms with Gasteiger partial charge in [0.05, 0.1) is 50.2 Å². The summed E-state index contributed by atoms with van der Waals surface area (Å²) < 4.78 is 49.4. The Bertz CT molecular complexity index is 2510. The molecular weight excluding hydrogens is 928 g/mol. The van der Waals surface area contributed by atoms with Crippen LogP contribution in [0, 0.1) is 11.6 Å². The molecule has 5 aliphatic heterocycles. The standard InChI is InChI=1S/C22H23BFN3O7.C12H14FNO4.C10H13BN2O5/c1-3-15-10-27(22(31)32-15)14-5-6-16(17(24)9-14)21-33-23(34-21)11-25-18(28)7-4-13-8-19(29)26-20(30)12(13)2;1-2-8-6-14(12(17)18-8)7-3-4-9(11(15)16)10(13)5-7;1-6-7(4-9(15)13-10(6)16)2-3-8(14)12-5-11(17)18/h4-7,9,15,21H,3,8,10-11H2,1-2H3,(H,25,28)(H,26,29,30);3-5,8,11,15-16H,2,6H2,1H3;2-3,17-18H,4-5H2,1H3,(H,12,14)(H,13,15,16)/b7-4+;;3-2+/t15-;8-;/m00./s1. The Morgan fingerprint density at radius 2 is 1.24 bits per heavy atom. The van der Waals surface area contributed by atoms with Gasteiger partial charge in [0.15, 0.2) is 12.6 Å². The fraction of sp³-hybridized carbons (Fsp3) is 0.364. The van der Waals surface area contributed by atoms with Gasteiger partial charge in [0.2, 0.25) is 23.6 Å². The van der Waals surface area contributed by atoms with E-state index in [1.165, 1.54) is 52.3 Å². The third-order valence-electron chi connectivity index (χ3n) is 11.0. The van der Waals surface area contributed by atoms with Crippen LogP contribution >= 0.6 is 0 Å². The van der Waals surface area contributed by atoms with Crippen molar-refractivity contribution in [2.75, 3.05) is 35.8 Å². The van der Waals surface area contributed by atoms with Crippen molar-refractivity contribution in [1.29, 1.82) is 0 Å². The third-order valence-corrected chi connectivity index (χ3v) is 11.0. The summed E-state index contributed by atoms with van der Waals surface area (Å²) in [5.41, 5.74) is 2.36. The first-order valence-electron chi connectivity index (χ1n) is 21.8. The second kappa shape index (κ2) is 24.5. The van der Waals surface area contributed by atoms with Gasteiger partial charge in [-0.25, -0.2) is 18.4 Å². The normalized spacial score (nSPS) is 19.4. The number of aliphatic hydroxyl groups excluding tert-OH is 1. The number of benzene rings is 2. The zero-order chi connectivity index (χ0) is 51.4. The maximum Gasteiger partial charge on any atom is 0.481 e. The molecule has 2 aromatic rings. The highest BCUT2D eigenvalue weighted by atomic mass is 19.1. The van der Waals surface area contributed by atoms with Crippen LogP contribution in [-0.4, -0.2) is 120 Å². The number of ether oxygens (including phenoxy) is 2. The van der Waals surface area contributed by atoms with Crippen LogP contribution in [0.25, 0.3) is 0 Å². The molecule has 2 aromatic carbocycles. The Labute approximate surface area is 399 Å². The number of carbonyl (C=O) groups excluding carboxylic acids is 8. The maximum absolute atomic E-state index is 14.6. The van der Waals surface area contributed by atoms with E-state index < -0.39 is 86.1 Å². The van der Waals surface area contributed by atoms with Gasteiger partial charge in [-0.15, -0.1) is 0 Å². The van der Waals surface area contributed by atoms with Crippen LogP contribution in [0.2, 0.25) is 0 Å². The van der Waals surface area contributed by atoms with Crippen molar-refractivity contribution in [3.05, 3.63) is 106 Å². The number of allylic oxidation sites excluding steroid dienone is 2. The molecule has 3 saturated heterocycles. The first-order valence-corrected chi connectivity index (χ1v) is 21.8. The van der Waals surface area contributed by atoms with E-state index in [0.717, 1.165) is 12.1 Å². The van der Waals surface area contributed by atoms with Gasteiger partial charge in [0.1, 0.15) is 23.8 Å². The van der Waals surface area contributed by atoms with Gasteiger partial charge in [-0.3, -0.25) is 49.2 Å². The molecule has 26 heteroatoms. The van der Waals surface area contributed by atoms with E-state index in [0.29, 0.717) is 59.6 Å². The molecule has 0 spiro atoms. The number of aliphatic hydroxyl groups is 2. The van der Waals surface area contributed by atoms with Crippen molar-refractivity contribution >= 4 is 73.2 Å². The van der Waals surface area contributed by atoms with E-state index >= 15 is 0 Å². The zero-order valence-electron chi connectivity index (χ0n) is 38.2. The van der Waals surface area contributed by atoms with Gasteiger partial charge in [0, 0.05) is 34.4 Å². The average molecular weight is 979 g/mol. The minimum atomic E-state index is -1.87. The van der Waals surface area contributed by atoms with Crippen LogP contribution in [0.1, 0.15) is 77.1 Å². The van der Waals surface area contributed by atoms with Crippen molar-refractivity contribution in [2.45, 2.75) is 78.2 Å². The van der Waals surface area contributed by atoms with Crippen LogP contribution in [0.15, 0.2) is 83.0 Å². The number of anilines is 2. The zero-order valence-corrected chi connectivity index (χ0v) is 38.2. The van der Waals surface area contributed by atoms with E-state index in [2.05, 4.69) is 21.3 Å². The molecule has 7 rings (SSSR count). The van der Waals surface area contributed by atoms with Gasteiger partial charge in [-0.05, 0) is 74.2 Å². The lowest BCUT2D eigenvalue weighted by atomic mass is 9.85. The fourth-order valence-electron chi connectivity index (χ4n) is 6.83. The number of nitrogens with one attached hydrogen (secondary N) is 4. The van der Waals surface area contributed by atoms with Crippen LogP contribution < -0.4 is 31.1 Å². The number of carbonyl (C=O) groups is 8. The molecule has 70 heavy (non-hydrogen) atoms. The Morgan fingerprint density at radius 3 is 1.67 bits per heavy atom. The van der Waals surface area contributed by atoms with Crippen LogP contribution in [0.4, 0.5) is 29.7 Å². The summed E-state index contributed by atoms with van der Waals surface area (Å²) >= 11 is 0. The Balaban J connectivity index is 0.000000215. The van der Waals surface area contributed by atoms with E-state index in [-0.39, 0.29) is 49.1 Å². The number of amides is 8. The summed E-state index contributed by atoms with van der Waals surface area (Å²) in [4.78, 5) is 94.9. The predicted molar refractivity (Wildman–Crippen MR) is 242 cm³/mol. The van der Waals surface area contributed by atoms with Crippen LogP contribution in [-0.2, 0) is 47.5 Å². The number of rotatable bonds is 14. The molecule has 0 bridgehead atoms. The van der Waals surface area contributed by atoms with Gasteiger partial charge in [-0.2, -0.15) is 0 Å². The lowest BCUT2D eigenvalue weighted by Crippen LogP contribution is -2.48. The van der Waals surface area contributed by atoms with Crippen molar-refractivity contribution in [1.82, 2.24) is 21.3 Å². The van der Waals surface area contributed by atoms with Gasteiger partial charge < -0.3 is 49.7 Å². The number of hydrogen-bond donors (Lipinski definition) is 8. The van der Waals surface area contributed by atoms with E-state index in [1.807, 2.05) is 13.8 Å². The number of nitrogens with zero attached hydrogens (tertiary/aromatic N) is 2. The van der Waals surface area contributed by atoms with Crippen molar-refractivity contribution in [3.8, 4) is 0 Å².